The Bertz CT molecular complexity index is 782. The number of nitrogens with one attached hydrogen (secondary N) is 2. The summed E-state index contributed by atoms with van der Waals surface area (Å²) in [4.78, 5) is 30.7. The monoisotopic (exact) mass is 368 g/mol. The minimum absolute atomic E-state index is 0.0391. The minimum Gasteiger partial charge on any atom is -0.378 e. The molecule has 1 unspecified atom stereocenters. The highest BCUT2D eigenvalue weighted by atomic mass is 16.5. The molecule has 2 heterocycles. The van der Waals surface area contributed by atoms with Crippen molar-refractivity contribution in [2.24, 2.45) is 0 Å². The maximum absolute atomic E-state index is 12.5. The van der Waals surface area contributed by atoms with Gasteiger partial charge in [0, 0.05) is 36.7 Å². The van der Waals surface area contributed by atoms with E-state index in [1.807, 2.05) is 31.2 Å². The van der Waals surface area contributed by atoms with Crippen molar-refractivity contribution in [1.82, 2.24) is 15.2 Å². The average molecular weight is 368 g/mol. The third kappa shape index (κ3) is 5.12. The van der Waals surface area contributed by atoms with Gasteiger partial charge in [-0.05, 0) is 36.4 Å². The molecule has 2 aromatic rings. The van der Waals surface area contributed by atoms with Crippen molar-refractivity contribution in [3.05, 3.63) is 59.9 Å². The van der Waals surface area contributed by atoms with Crippen LogP contribution < -0.4 is 10.6 Å². The molecule has 7 heteroatoms. The SMILES string of the molecule is CCN1CCOCC1C(=O)NCc1cccc(NC(=O)c2ccncc2)c1. The molecule has 1 aliphatic rings. The molecule has 0 radical (unpaired) electrons. The molecule has 1 aromatic heterocycles. The van der Waals surface area contributed by atoms with Crippen molar-refractivity contribution in [2.75, 3.05) is 31.6 Å². The van der Waals surface area contributed by atoms with Crippen LogP contribution in [0.1, 0.15) is 22.8 Å². The Balaban J connectivity index is 1.57. The number of rotatable bonds is 6. The van der Waals surface area contributed by atoms with Gasteiger partial charge in [-0.15, -0.1) is 0 Å². The molecule has 1 fully saturated rings. The van der Waals surface area contributed by atoms with Gasteiger partial charge in [-0.2, -0.15) is 0 Å². The van der Waals surface area contributed by atoms with E-state index in [1.54, 1.807) is 24.5 Å². The molecule has 2 amide bonds. The quantitative estimate of drug-likeness (QED) is 0.810. The molecule has 0 aliphatic carbocycles. The molecule has 1 aliphatic heterocycles. The van der Waals surface area contributed by atoms with Crippen LogP contribution in [-0.2, 0) is 16.1 Å². The van der Waals surface area contributed by atoms with E-state index in [0.717, 1.165) is 18.7 Å². The molecule has 3 rings (SSSR count). The van der Waals surface area contributed by atoms with E-state index in [9.17, 15) is 9.59 Å². The zero-order valence-electron chi connectivity index (χ0n) is 15.4. The van der Waals surface area contributed by atoms with E-state index in [-0.39, 0.29) is 17.9 Å². The maximum Gasteiger partial charge on any atom is 0.255 e. The number of likely N-dealkylation sites (N-methyl/N-ethyl adjacent to an activating group) is 1. The van der Waals surface area contributed by atoms with Crippen LogP contribution >= 0.6 is 0 Å². The predicted octanol–water partition coefficient (Wildman–Crippen LogP) is 1.67. The summed E-state index contributed by atoms with van der Waals surface area (Å²) in [5.74, 6) is -0.237. The van der Waals surface area contributed by atoms with Gasteiger partial charge in [0.15, 0.2) is 0 Å². The second-order valence-corrected chi connectivity index (χ2v) is 6.33. The van der Waals surface area contributed by atoms with E-state index in [4.69, 9.17) is 4.74 Å². The van der Waals surface area contributed by atoms with Gasteiger partial charge in [0.1, 0.15) is 6.04 Å². The summed E-state index contributed by atoms with van der Waals surface area (Å²) in [7, 11) is 0. The van der Waals surface area contributed by atoms with E-state index >= 15 is 0 Å². The summed E-state index contributed by atoms with van der Waals surface area (Å²) in [5, 5.41) is 5.82. The van der Waals surface area contributed by atoms with Crippen molar-refractivity contribution in [3.63, 3.8) is 0 Å². The highest BCUT2D eigenvalue weighted by molar-refractivity contribution is 6.04. The largest absolute Gasteiger partial charge is 0.378 e. The van der Waals surface area contributed by atoms with Crippen LogP contribution in [0.3, 0.4) is 0 Å². The highest BCUT2D eigenvalue weighted by Gasteiger charge is 2.27. The van der Waals surface area contributed by atoms with Crippen molar-refractivity contribution in [1.29, 1.82) is 0 Å². The lowest BCUT2D eigenvalue weighted by molar-refractivity contribution is -0.132. The molecular formula is C20H24N4O3. The molecule has 0 saturated carbocycles. The second-order valence-electron chi connectivity index (χ2n) is 6.33. The first-order valence-corrected chi connectivity index (χ1v) is 9.07. The van der Waals surface area contributed by atoms with Crippen LogP contribution in [-0.4, -0.2) is 54.0 Å². The van der Waals surface area contributed by atoms with Crippen LogP contribution in [0.5, 0.6) is 0 Å². The maximum atomic E-state index is 12.5. The Morgan fingerprint density at radius 2 is 2.07 bits per heavy atom. The molecule has 142 valence electrons. The first-order chi connectivity index (χ1) is 13.2. The van der Waals surface area contributed by atoms with Gasteiger partial charge >= 0.3 is 0 Å². The summed E-state index contributed by atoms with van der Waals surface area (Å²) < 4.78 is 5.44. The van der Waals surface area contributed by atoms with Crippen LogP contribution in [0.25, 0.3) is 0 Å². The molecule has 7 nitrogen and oxygen atoms in total. The summed E-state index contributed by atoms with van der Waals surface area (Å²) >= 11 is 0. The normalized spacial score (nSPS) is 17.3. The van der Waals surface area contributed by atoms with E-state index in [1.165, 1.54) is 0 Å². The van der Waals surface area contributed by atoms with Gasteiger partial charge in [-0.1, -0.05) is 19.1 Å². The molecular weight excluding hydrogens is 344 g/mol. The molecule has 27 heavy (non-hydrogen) atoms. The number of morpholine rings is 1. The topological polar surface area (TPSA) is 83.6 Å². The Hall–Kier alpha value is -2.77. The zero-order valence-corrected chi connectivity index (χ0v) is 15.4. The van der Waals surface area contributed by atoms with Gasteiger partial charge in [-0.25, -0.2) is 0 Å². The van der Waals surface area contributed by atoms with Gasteiger partial charge in [0.2, 0.25) is 5.91 Å². The van der Waals surface area contributed by atoms with Gasteiger partial charge in [0.05, 0.1) is 13.2 Å². The minimum atomic E-state index is -0.252. The van der Waals surface area contributed by atoms with Crippen molar-refractivity contribution in [3.8, 4) is 0 Å². The van der Waals surface area contributed by atoms with Gasteiger partial charge in [-0.3, -0.25) is 19.5 Å². The van der Waals surface area contributed by atoms with Crippen molar-refractivity contribution in [2.45, 2.75) is 19.5 Å². The number of hydrogen-bond donors (Lipinski definition) is 2. The van der Waals surface area contributed by atoms with Crippen LogP contribution in [0.15, 0.2) is 48.8 Å². The number of pyridine rings is 1. The number of aromatic nitrogens is 1. The number of ether oxygens (including phenoxy) is 1. The second kappa shape index (κ2) is 9.25. The fourth-order valence-electron chi connectivity index (χ4n) is 3.03. The lowest BCUT2D eigenvalue weighted by atomic mass is 10.1. The average Bonchev–Trinajstić information content (AvgIpc) is 2.73. The third-order valence-corrected chi connectivity index (χ3v) is 4.54. The van der Waals surface area contributed by atoms with Crippen LogP contribution in [0, 0.1) is 0 Å². The highest BCUT2D eigenvalue weighted by Crippen LogP contribution is 2.13. The fraction of sp³-hybridized carbons (Fsp3) is 0.350. The summed E-state index contributed by atoms with van der Waals surface area (Å²) in [5.41, 5.74) is 2.14. The van der Waals surface area contributed by atoms with E-state index < -0.39 is 0 Å². The Morgan fingerprint density at radius 1 is 1.26 bits per heavy atom. The molecule has 1 atom stereocenters. The zero-order chi connectivity index (χ0) is 19.1. The predicted molar refractivity (Wildman–Crippen MR) is 102 cm³/mol. The molecule has 1 aromatic carbocycles. The Morgan fingerprint density at radius 3 is 2.85 bits per heavy atom. The smallest absolute Gasteiger partial charge is 0.255 e. The number of nitrogens with zero attached hydrogens (tertiary/aromatic N) is 2. The summed E-state index contributed by atoms with van der Waals surface area (Å²) in [6.07, 6.45) is 3.16. The Labute approximate surface area is 158 Å². The standard InChI is InChI=1S/C20H24N4O3/c1-2-24-10-11-27-14-18(24)20(26)22-13-15-4-3-5-17(12-15)23-19(25)16-6-8-21-9-7-16/h3-9,12,18H,2,10-11,13-14H2,1H3,(H,22,26)(H,23,25). The first kappa shape index (κ1) is 19.0. The number of anilines is 1. The lowest BCUT2D eigenvalue weighted by Crippen LogP contribution is -2.53. The number of benzene rings is 1. The van der Waals surface area contributed by atoms with Crippen molar-refractivity contribution >= 4 is 17.5 Å². The fourth-order valence-corrected chi connectivity index (χ4v) is 3.03. The molecule has 0 spiro atoms. The third-order valence-electron chi connectivity index (χ3n) is 4.54. The summed E-state index contributed by atoms with van der Waals surface area (Å²) in [6, 6.07) is 10.5. The number of carbonyl (C=O) groups excluding carboxylic acids is 2. The Kier molecular flexibility index (Phi) is 6.51. The molecule has 0 bridgehead atoms. The molecule has 1 saturated heterocycles. The lowest BCUT2D eigenvalue weighted by Gasteiger charge is -2.33. The number of hydrogen-bond acceptors (Lipinski definition) is 5. The van der Waals surface area contributed by atoms with Crippen LogP contribution in [0.2, 0.25) is 0 Å². The summed E-state index contributed by atoms with van der Waals surface area (Å²) in [6.45, 7) is 5.11. The molecule has 2 N–H and O–H groups in total. The van der Waals surface area contributed by atoms with Gasteiger partial charge < -0.3 is 15.4 Å². The van der Waals surface area contributed by atoms with E-state index in [0.29, 0.717) is 31.0 Å². The van der Waals surface area contributed by atoms with Crippen LogP contribution in [0.4, 0.5) is 5.69 Å². The first-order valence-electron chi connectivity index (χ1n) is 9.07. The van der Waals surface area contributed by atoms with E-state index in [2.05, 4.69) is 20.5 Å². The number of amides is 2. The van der Waals surface area contributed by atoms with Crippen molar-refractivity contribution < 1.29 is 14.3 Å². The number of carbonyl (C=O) groups is 2. The van der Waals surface area contributed by atoms with Gasteiger partial charge in [0.25, 0.3) is 5.91 Å².